The number of rotatable bonds is 6. The van der Waals surface area contributed by atoms with Crippen molar-refractivity contribution in [2.75, 3.05) is 13.7 Å². The third-order valence-corrected chi connectivity index (χ3v) is 7.88. The minimum absolute atomic E-state index is 0.00349. The molecule has 0 amide bonds. The number of ether oxygens (including phenoxy) is 2. The molecule has 0 saturated carbocycles. The summed E-state index contributed by atoms with van der Waals surface area (Å²) in [5, 5.41) is 2.61. The second-order valence-electron chi connectivity index (χ2n) is 6.87. The quantitative estimate of drug-likeness (QED) is 0.513. The summed E-state index contributed by atoms with van der Waals surface area (Å²) in [6.45, 7) is 1.69. The van der Waals surface area contributed by atoms with Gasteiger partial charge in [-0.15, -0.1) is 9.24 Å². The molecule has 4 atom stereocenters. The average molecular weight is 474 g/mol. The van der Waals surface area contributed by atoms with Crippen LogP contribution in [0.1, 0.15) is 24.2 Å². The normalized spacial score (nSPS) is 19.5. The molecule has 0 saturated heterocycles. The van der Waals surface area contributed by atoms with E-state index in [1.807, 2.05) is 0 Å². The number of esters is 1. The van der Waals surface area contributed by atoms with Gasteiger partial charge >= 0.3 is 5.97 Å². The molecule has 162 valence electrons. The summed E-state index contributed by atoms with van der Waals surface area (Å²) < 4.78 is 52.7. The van der Waals surface area contributed by atoms with Crippen LogP contribution in [-0.2, 0) is 19.4 Å². The molecule has 1 aliphatic heterocycles. The van der Waals surface area contributed by atoms with Crippen LogP contribution >= 0.6 is 20.8 Å². The Morgan fingerprint density at radius 2 is 2.00 bits per heavy atom. The van der Waals surface area contributed by atoms with Crippen molar-refractivity contribution in [3.63, 3.8) is 0 Å². The second kappa shape index (κ2) is 9.18. The predicted molar refractivity (Wildman–Crippen MR) is 116 cm³/mol. The van der Waals surface area contributed by atoms with Gasteiger partial charge in [-0.05, 0) is 42.8 Å². The maximum atomic E-state index is 14.9. The first-order valence-electron chi connectivity index (χ1n) is 9.24. The van der Waals surface area contributed by atoms with Crippen LogP contribution < -0.4 is 15.4 Å². The van der Waals surface area contributed by atoms with Gasteiger partial charge in [-0.1, -0.05) is 18.5 Å². The fraction of sp³-hybridized carbons (Fsp3) is 0.350. The maximum absolute atomic E-state index is 14.9. The number of nitrogens with one attached hydrogen (secondary N) is 1. The highest BCUT2D eigenvalue weighted by atomic mass is 35.5. The van der Waals surface area contributed by atoms with E-state index in [1.54, 1.807) is 6.92 Å². The molecule has 10 heteroatoms. The van der Waals surface area contributed by atoms with E-state index >= 15 is 0 Å². The highest BCUT2D eigenvalue weighted by Gasteiger charge is 2.44. The molecule has 2 aromatic carbocycles. The molecule has 2 aromatic rings. The van der Waals surface area contributed by atoms with Crippen molar-refractivity contribution in [1.82, 2.24) is 5.32 Å². The minimum atomic E-state index is -4.07. The number of sulfone groups is 1. The van der Waals surface area contributed by atoms with Crippen LogP contribution in [0.2, 0.25) is 5.02 Å². The van der Waals surface area contributed by atoms with Gasteiger partial charge in [-0.2, -0.15) is 0 Å². The summed E-state index contributed by atoms with van der Waals surface area (Å²) in [5.41, 5.74) is -0.0686. The Morgan fingerprint density at radius 1 is 1.33 bits per heavy atom. The number of carbonyl (C=O) groups is 1. The third kappa shape index (κ3) is 4.33. The first kappa shape index (κ1) is 22.9. The van der Waals surface area contributed by atoms with Gasteiger partial charge in [-0.25, -0.2) is 12.8 Å². The van der Waals surface area contributed by atoms with Crippen molar-refractivity contribution in [2.24, 2.45) is 0 Å². The number of carbonyl (C=O) groups excluding carboxylic acids is 1. The molecule has 6 nitrogen and oxygen atoms in total. The first-order chi connectivity index (χ1) is 14.2. The minimum Gasteiger partial charge on any atom is -0.491 e. The topological polar surface area (TPSA) is 81.7 Å². The molecular formula is C20H22ClFNO5PS. The van der Waals surface area contributed by atoms with E-state index in [4.69, 9.17) is 21.1 Å². The number of hydrogen-bond acceptors (Lipinski definition) is 6. The van der Waals surface area contributed by atoms with E-state index in [0.717, 1.165) is 0 Å². The zero-order valence-electron chi connectivity index (χ0n) is 16.4. The molecule has 0 aliphatic carbocycles. The predicted octanol–water partition coefficient (Wildman–Crippen LogP) is 2.80. The lowest BCUT2D eigenvalue weighted by Gasteiger charge is -2.36. The molecule has 30 heavy (non-hydrogen) atoms. The summed E-state index contributed by atoms with van der Waals surface area (Å²) in [7, 11) is -0.395. The highest BCUT2D eigenvalue weighted by Crippen LogP contribution is 2.42. The molecule has 0 radical (unpaired) electrons. The Hall–Kier alpha value is -1.73. The number of benzene rings is 2. The fourth-order valence-corrected chi connectivity index (χ4v) is 5.90. The summed E-state index contributed by atoms with van der Waals surface area (Å²) in [5.74, 6) is -1.06. The summed E-state index contributed by atoms with van der Waals surface area (Å²) in [6, 6.07) is 6.73. The maximum Gasteiger partial charge on any atom is 0.322 e. The smallest absolute Gasteiger partial charge is 0.322 e. The van der Waals surface area contributed by atoms with Crippen LogP contribution in [0.15, 0.2) is 41.3 Å². The van der Waals surface area contributed by atoms with Gasteiger partial charge in [0.05, 0.1) is 23.6 Å². The van der Waals surface area contributed by atoms with Crippen LogP contribution in [0.3, 0.4) is 0 Å². The van der Waals surface area contributed by atoms with Gasteiger partial charge in [0.1, 0.15) is 29.5 Å². The van der Waals surface area contributed by atoms with Crippen molar-refractivity contribution in [3.8, 4) is 5.75 Å². The summed E-state index contributed by atoms with van der Waals surface area (Å²) in [6.07, 6.45) is 0.357. The molecule has 3 rings (SSSR count). The van der Waals surface area contributed by atoms with Crippen molar-refractivity contribution in [2.45, 2.75) is 35.6 Å². The lowest BCUT2D eigenvalue weighted by molar-refractivity contribution is -0.143. The lowest BCUT2D eigenvalue weighted by Crippen LogP contribution is -2.52. The number of methoxy groups -OCH3 is 1. The molecule has 0 bridgehead atoms. The first-order valence-corrected chi connectivity index (χ1v) is 11.7. The van der Waals surface area contributed by atoms with Crippen LogP contribution in [-0.4, -0.2) is 40.2 Å². The van der Waals surface area contributed by atoms with Crippen LogP contribution in [0, 0.1) is 5.82 Å². The van der Waals surface area contributed by atoms with E-state index in [9.17, 15) is 17.6 Å². The van der Waals surface area contributed by atoms with E-state index in [0.29, 0.717) is 16.7 Å². The van der Waals surface area contributed by atoms with E-state index in [1.165, 1.54) is 43.5 Å². The molecule has 1 heterocycles. The Morgan fingerprint density at radius 3 is 2.60 bits per heavy atom. The lowest BCUT2D eigenvalue weighted by atomic mass is 10.00. The SMILES string of the molecule is CC[C@H](N[C@H]1COc2c(P)ccc(F)c2C1S(=O)(=O)c1ccc(Cl)cc1)C(=O)OC. The molecular weight excluding hydrogens is 452 g/mol. The Bertz CT molecular complexity index is 1050. The fourth-order valence-electron chi connectivity index (χ4n) is 3.51. The van der Waals surface area contributed by atoms with Gasteiger partial charge in [0.15, 0.2) is 9.84 Å². The van der Waals surface area contributed by atoms with Gasteiger partial charge in [0.25, 0.3) is 0 Å². The number of hydrogen-bond donors (Lipinski definition) is 1. The zero-order chi connectivity index (χ0) is 22.1. The van der Waals surface area contributed by atoms with Crippen molar-refractivity contribution in [3.05, 3.63) is 52.8 Å². The zero-order valence-corrected chi connectivity index (χ0v) is 19.1. The average Bonchev–Trinajstić information content (AvgIpc) is 2.73. The summed E-state index contributed by atoms with van der Waals surface area (Å²) >= 11 is 5.90. The molecule has 1 aliphatic rings. The van der Waals surface area contributed by atoms with Crippen molar-refractivity contribution < 1.29 is 27.1 Å². The molecule has 0 aromatic heterocycles. The van der Waals surface area contributed by atoms with Crippen molar-refractivity contribution >= 4 is 42.0 Å². The largest absolute Gasteiger partial charge is 0.491 e. The van der Waals surface area contributed by atoms with E-state index < -0.39 is 39.0 Å². The Labute approximate surface area is 182 Å². The van der Waals surface area contributed by atoms with E-state index in [2.05, 4.69) is 14.6 Å². The second-order valence-corrected chi connectivity index (χ2v) is 9.99. The highest BCUT2D eigenvalue weighted by molar-refractivity contribution is 7.91. The monoisotopic (exact) mass is 473 g/mol. The van der Waals surface area contributed by atoms with Gasteiger partial charge in [0.2, 0.25) is 0 Å². The number of fused-ring (bicyclic) bond motifs is 1. The molecule has 2 unspecified atom stereocenters. The third-order valence-electron chi connectivity index (χ3n) is 5.02. The Kier molecular flexibility index (Phi) is 7.02. The summed E-state index contributed by atoms with van der Waals surface area (Å²) in [4.78, 5) is 12.1. The van der Waals surface area contributed by atoms with Crippen LogP contribution in [0.25, 0.3) is 0 Å². The van der Waals surface area contributed by atoms with Gasteiger partial charge in [-0.3, -0.25) is 10.1 Å². The van der Waals surface area contributed by atoms with E-state index in [-0.39, 0.29) is 22.8 Å². The van der Waals surface area contributed by atoms with Crippen molar-refractivity contribution in [1.29, 1.82) is 0 Å². The van der Waals surface area contributed by atoms with Gasteiger partial charge in [0, 0.05) is 10.3 Å². The standard InChI is InChI=1S/C20H22ClFNO5PS/c1-3-14(20(24)27-2)23-15-10-28-18-16(29)9-8-13(22)17(18)19(15)30(25,26)12-6-4-11(21)5-7-12/h4-9,14-15,19,23H,3,10,29H2,1-2H3/t14-,15-,19?/m0/s1. The van der Waals surface area contributed by atoms with Gasteiger partial charge < -0.3 is 9.47 Å². The molecule has 1 N–H and O–H groups in total. The van der Waals surface area contributed by atoms with Crippen LogP contribution in [0.4, 0.5) is 4.39 Å². The Balaban J connectivity index is 2.15. The van der Waals surface area contributed by atoms with Crippen LogP contribution in [0.5, 0.6) is 5.75 Å². The number of halogens is 2. The molecule has 0 fully saturated rings. The molecule has 0 spiro atoms.